The number of Topliss-reactive ketones (excluding diaryl/α,β-unsaturated/α-hetero) is 1. The van der Waals surface area contributed by atoms with Crippen molar-refractivity contribution in [1.29, 1.82) is 0 Å². The molecular weight excluding hydrogens is 426 g/mol. The number of fused-ring (bicyclic) bond motifs is 1. The minimum atomic E-state index is -0.229. The molecule has 1 aromatic heterocycles. The molecule has 0 aliphatic rings. The van der Waals surface area contributed by atoms with E-state index in [1.165, 1.54) is 16.3 Å². The van der Waals surface area contributed by atoms with Gasteiger partial charge in [0.1, 0.15) is 0 Å². The highest BCUT2D eigenvalue weighted by Gasteiger charge is 2.16. The van der Waals surface area contributed by atoms with Gasteiger partial charge in [-0.25, -0.2) is 4.98 Å². The molecule has 0 aliphatic carbocycles. The van der Waals surface area contributed by atoms with Gasteiger partial charge in [-0.15, -0.1) is 0 Å². The van der Waals surface area contributed by atoms with E-state index >= 15 is 0 Å². The zero-order valence-electron chi connectivity index (χ0n) is 18.7. The monoisotopic (exact) mass is 453 g/mol. The van der Waals surface area contributed by atoms with Gasteiger partial charge in [-0.3, -0.25) is 19.0 Å². The summed E-state index contributed by atoms with van der Waals surface area (Å²) in [6, 6.07) is 12.2. The summed E-state index contributed by atoms with van der Waals surface area (Å²) in [6.45, 7) is 6.37. The van der Waals surface area contributed by atoms with Crippen LogP contribution in [0.4, 0.5) is 0 Å². The van der Waals surface area contributed by atoms with Crippen molar-refractivity contribution in [3.05, 3.63) is 69.5 Å². The molecule has 7 nitrogen and oxygen atoms in total. The van der Waals surface area contributed by atoms with Gasteiger partial charge in [0.2, 0.25) is 0 Å². The van der Waals surface area contributed by atoms with Crippen LogP contribution in [0.1, 0.15) is 40.1 Å². The largest absolute Gasteiger partial charge is 0.383 e. The predicted octanol–water partition coefficient (Wildman–Crippen LogP) is 3.46. The second-order valence-corrected chi connectivity index (χ2v) is 8.72. The third-order valence-electron chi connectivity index (χ3n) is 4.83. The maximum absolute atomic E-state index is 13.1. The first-order valence-electron chi connectivity index (χ1n) is 10.4. The molecule has 0 saturated heterocycles. The van der Waals surface area contributed by atoms with Gasteiger partial charge < -0.3 is 10.1 Å². The Hall–Kier alpha value is -2.97. The molecule has 0 aliphatic heterocycles. The van der Waals surface area contributed by atoms with Crippen molar-refractivity contribution < 1.29 is 14.3 Å². The molecule has 8 heteroatoms. The number of aryl methyl sites for hydroxylation is 1. The zero-order chi connectivity index (χ0) is 23.3. The molecule has 1 heterocycles. The van der Waals surface area contributed by atoms with Crippen LogP contribution in [0.5, 0.6) is 0 Å². The molecule has 0 fully saturated rings. The summed E-state index contributed by atoms with van der Waals surface area (Å²) < 4.78 is 6.67. The summed E-state index contributed by atoms with van der Waals surface area (Å²) >= 11 is 1.20. The number of hydrogen-bond acceptors (Lipinski definition) is 6. The molecule has 32 heavy (non-hydrogen) atoms. The second-order valence-electron chi connectivity index (χ2n) is 7.78. The van der Waals surface area contributed by atoms with E-state index in [-0.39, 0.29) is 29.0 Å². The van der Waals surface area contributed by atoms with Crippen LogP contribution in [-0.2, 0) is 11.3 Å². The average Bonchev–Trinajstić information content (AvgIpc) is 2.76. The molecule has 0 spiro atoms. The van der Waals surface area contributed by atoms with E-state index in [9.17, 15) is 14.4 Å². The van der Waals surface area contributed by atoms with Gasteiger partial charge in [-0.2, -0.15) is 0 Å². The van der Waals surface area contributed by atoms with Crippen LogP contribution in [0.2, 0.25) is 0 Å². The maximum Gasteiger partial charge on any atom is 0.262 e. The Bertz CT molecular complexity index is 1190. The Morgan fingerprint density at radius 1 is 1.12 bits per heavy atom. The first-order chi connectivity index (χ1) is 15.3. The Kier molecular flexibility index (Phi) is 7.82. The summed E-state index contributed by atoms with van der Waals surface area (Å²) in [5, 5.41) is 3.67. The van der Waals surface area contributed by atoms with Gasteiger partial charge in [0, 0.05) is 24.3 Å². The molecule has 1 amide bonds. The van der Waals surface area contributed by atoms with Crippen molar-refractivity contribution in [3.8, 4) is 0 Å². The van der Waals surface area contributed by atoms with Gasteiger partial charge >= 0.3 is 0 Å². The minimum absolute atomic E-state index is 0.00731. The van der Waals surface area contributed by atoms with Gasteiger partial charge in [-0.05, 0) is 39.0 Å². The van der Waals surface area contributed by atoms with E-state index in [2.05, 4.69) is 10.3 Å². The Morgan fingerprint density at radius 3 is 2.47 bits per heavy atom. The number of nitrogens with one attached hydrogen (secondary N) is 1. The highest BCUT2D eigenvalue weighted by atomic mass is 32.2. The molecule has 2 aromatic carbocycles. The summed E-state index contributed by atoms with van der Waals surface area (Å²) in [4.78, 5) is 42.8. The topological polar surface area (TPSA) is 90.3 Å². The van der Waals surface area contributed by atoms with Crippen LogP contribution >= 0.6 is 11.8 Å². The average molecular weight is 454 g/mol. The minimum Gasteiger partial charge on any atom is -0.383 e. The fourth-order valence-electron chi connectivity index (χ4n) is 3.13. The number of methoxy groups -OCH3 is 1. The first-order valence-corrected chi connectivity index (χ1v) is 11.4. The number of nitrogens with zero attached hydrogens (tertiary/aromatic N) is 2. The maximum atomic E-state index is 13.1. The van der Waals surface area contributed by atoms with Crippen molar-refractivity contribution in [3.63, 3.8) is 0 Å². The molecule has 0 unspecified atom stereocenters. The van der Waals surface area contributed by atoms with E-state index in [0.29, 0.717) is 40.3 Å². The quantitative estimate of drug-likeness (QED) is 0.303. The number of benzene rings is 2. The molecule has 0 bridgehead atoms. The molecule has 0 saturated carbocycles. The number of amides is 1. The fourth-order valence-corrected chi connectivity index (χ4v) is 4.05. The van der Waals surface area contributed by atoms with Crippen molar-refractivity contribution in [1.82, 2.24) is 14.9 Å². The van der Waals surface area contributed by atoms with E-state index in [0.717, 1.165) is 5.56 Å². The van der Waals surface area contributed by atoms with Crippen molar-refractivity contribution >= 4 is 34.4 Å². The van der Waals surface area contributed by atoms with Crippen molar-refractivity contribution in [2.24, 2.45) is 0 Å². The lowest BCUT2D eigenvalue weighted by Gasteiger charge is -2.13. The summed E-state index contributed by atoms with van der Waals surface area (Å²) in [6.07, 6.45) is 0. The molecule has 0 atom stereocenters. The Labute approximate surface area is 191 Å². The van der Waals surface area contributed by atoms with E-state index in [4.69, 9.17) is 4.74 Å². The van der Waals surface area contributed by atoms with Crippen LogP contribution in [0.15, 0.2) is 52.4 Å². The normalized spacial score (nSPS) is 11.2. The van der Waals surface area contributed by atoms with E-state index in [1.54, 1.807) is 37.4 Å². The van der Waals surface area contributed by atoms with E-state index < -0.39 is 0 Å². The van der Waals surface area contributed by atoms with Crippen LogP contribution in [-0.4, -0.2) is 46.8 Å². The van der Waals surface area contributed by atoms with Crippen LogP contribution < -0.4 is 10.9 Å². The van der Waals surface area contributed by atoms with Gasteiger partial charge in [-0.1, -0.05) is 41.6 Å². The number of thioether (sulfide) groups is 1. The number of aromatic nitrogens is 2. The van der Waals surface area contributed by atoms with Crippen molar-refractivity contribution in [2.45, 2.75) is 38.5 Å². The predicted molar refractivity (Wildman–Crippen MR) is 127 cm³/mol. The number of ether oxygens (including phenoxy) is 1. The molecule has 0 radical (unpaired) electrons. The molecular formula is C24H27N3O4S. The summed E-state index contributed by atoms with van der Waals surface area (Å²) in [5.74, 6) is -0.134. The lowest BCUT2D eigenvalue weighted by Crippen LogP contribution is -2.30. The third-order valence-corrected chi connectivity index (χ3v) is 5.80. The van der Waals surface area contributed by atoms with E-state index in [1.807, 2.05) is 32.9 Å². The highest BCUT2D eigenvalue weighted by Crippen LogP contribution is 2.20. The van der Waals surface area contributed by atoms with Crippen molar-refractivity contribution in [2.75, 3.05) is 19.5 Å². The van der Waals surface area contributed by atoms with Gasteiger partial charge in [0.05, 0.1) is 29.8 Å². The zero-order valence-corrected chi connectivity index (χ0v) is 19.5. The van der Waals surface area contributed by atoms with Gasteiger partial charge in [0.15, 0.2) is 10.9 Å². The molecule has 3 rings (SSSR count). The Morgan fingerprint density at radius 2 is 1.81 bits per heavy atom. The van der Waals surface area contributed by atoms with Gasteiger partial charge in [0.25, 0.3) is 11.5 Å². The number of ketones is 1. The number of rotatable bonds is 9. The standard InChI is InChI=1S/C24H27N3O4S/c1-15(2)25-22(29)18-9-10-19-20(13-18)26-24(27(23(19)30)11-12-31-4)32-14-21(28)17-7-5-16(3)6-8-17/h5-10,13,15H,11-12,14H2,1-4H3,(H,25,29). The lowest BCUT2D eigenvalue weighted by molar-refractivity contribution is 0.0942. The van der Waals surface area contributed by atoms with Crippen LogP contribution in [0.25, 0.3) is 10.9 Å². The lowest BCUT2D eigenvalue weighted by atomic mass is 10.1. The first kappa shape index (κ1) is 23.7. The SMILES string of the molecule is COCCn1c(SCC(=O)c2ccc(C)cc2)nc2cc(C(=O)NC(C)C)ccc2c1=O. The highest BCUT2D eigenvalue weighted by molar-refractivity contribution is 7.99. The van der Waals surface area contributed by atoms with Crippen LogP contribution in [0, 0.1) is 6.92 Å². The second kappa shape index (κ2) is 10.6. The number of carbonyl (C=O) groups is 2. The smallest absolute Gasteiger partial charge is 0.262 e. The summed E-state index contributed by atoms with van der Waals surface area (Å²) in [5.41, 5.74) is 2.32. The summed E-state index contributed by atoms with van der Waals surface area (Å²) in [7, 11) is 1.56. The number of carbonyl (C=O) groups excluding carboxylic acids is 2. The molecule has 1 N–H and O–H groups in total. The number of hydrogen-bond donors (Lipinski definition) is 1. The third kappa shape index (κ3) is 5.63. The Balaban J connectivity index is 1.95. The van der Waals surface area contributed by atoms with Crippen LogP contribution in [0.3, 0.4) is 0 Å². The fraction of sp³-hybridized carbons (Fsp3) is 0.333. The molecule has 3 aromatic rings. The molecule has 168 valence electrons.